The van der Waals surface area contributed by atoms with Gasteiger partial charge in [0.2, 0.25) is 0 Å². The molecule has 1 aliphatic carbocycles. The van der Waals surface area contributed by atoms with Crippen molar-refractivity contribution in [3.8, 4) is 11.5 Å². The number of nitrogens with zero attached hydrogens (tertiary/aromatic N) is 2. The molecule has 1 saturated carbocycles. The van der Waals surface area contributed by atoms with Gasteiger partial charge in [0.25, 0.3) is 0 Å². The highest BCUT2D eigenvalue weighted by atomic mass is 35.5. The maximum atomic E-state index is 6.13. The van der Waals surface area contributed by atoms with Crippen LogP contribution in [0.1, 0.15) is 24.6 Å². The highest BCUT2D eigenvalue weighted by Gasteiger charge is 2.27. The molecule has 0 spiro atoms. The van der Waals surface area contributed by atoms with Crippen LogP contribution in [-0.4, -0.2) is 9.97 Å². The summed E-state index contributed by atoms with van der Waals surface area (Å²) >= 11 is 6.13. The minimum absolute atomic E-state index is 0.449. The number of fused-ring (bicyclic) bond motifs is 1. The van der Waals surface area contributed by atoms with Crippen LogP contribution in [0.5, 0.6) is 0 Å². The van der Waals surface area contributed by atoms with Crippen LogP contribution < -0.4 is 5.73 Å². The maximum Gasteiger partial charge on any atom is 0.154 e. The molecule has 0 bridgehead atoms. The number of rotatable bonds is 2. The molecule has 2 N–H and O–H groups in total. The predicted molar refractivity (Wildman–Crippen MR) is 78.6 cm³/mol. The van der Waals surface area contributed by atoms with Gasteiger partial charge in [-0.3, -0.25) is 0 Å². The summed E-state index contributed by atoms with van der Waals surface area (Å²) in [6, 6.07) is 9.33. The van der Waals surface area contributed by atoms with Crippen LogP contribution in [0.4, 0.5) is 5.82 Å². The van der Waals surface area contributed by atoms with Crippen LogP contribution in [-0.2, 0) is 0 Å². The van der Waals surface area contributed by atoms with Gasteiger partial charge in [0.1, 0.15) is 17.3 Å². The molecule has 20 heavy (non-hydrogen) atoms. The molecular weight excluding hydrogens is 274 g/mol. The summed E-state index contributed by atoms with van der Waals surface area (Å²) in [5, 5.41) is 1.55. The number of nitrogen functional groups attached to an aromatic ring is 1. The molecule has 0 unspecified atom stereocenters. The highest BCUT2D eigenvalue weighted by molar-refractivity contribution is 6.34. The topological polar surface area (TPSA) is 64.9 Å². The van der Waals surface area contributed by atoms with Crippen LogP contribution >= 0.6 is 11.6 Å². The van der Waals surface area contributed by atoms with Crippen LogP contribution in [0.2, 0.25) is 5.02 Å². The van der Waals surface area contributed by atoms with E-state index in [9.17, 15) is 0 Å². The second-order valence-corrected chi connectivity index (χ2v) is 5.49. The largest absolute Gasteiger partial charge is 0.453 e. The smallest absolute Gasteiger partial charge is 0.154 e. The highest BCUT2D eigenvalue weighted by Crippen LogP contribution is 2.39. The van der Waals surface area contributed by atoms with Gasteiger partial charge in [0, 0.05) is 17.4 Å². The maximum absolute atomic E-state index is 6.13. The van der Waals surface area contributed by atoms with Crippen molar-refractivity contribution in [1.29, 1.82) is 0 Å². The van der Waals surface area contributed by atoms with E-state index in [1.165, 1.54) is 0 Å². The molecule has 0 atom stereocenters. The molecule has 0 aliphatic heterocycles. The summed E-state index contributed by atoms with van der Waals surface area (Å²) in [6.07, 6.45) is 2.27. The fraction of sp³-hybridized carbons (Fsp3) is 0.200. The van der Waals surface area contributed by atoms with E-state index >= 15 is 0 Å². The van der Waals surface area contributed by atoms with Gasteiger partial charge in [-0.15, -0.1) is 0 Å². The molecular formula is C15H12ClN3O. The lowest BCUT2D eigenvalue weighted by Crippen LogP contribution is -1.99. The van der Waals surface area contributed by atoms with E-state index in [1.807, 2.05) is 18.2 Å². The van der Waals surface area contributed by atoms with Crippen LogP contribution in [0.3, 0.4) is 0 Å². The lowest BCUT2D eigenvalue weighted by Gasteiger charge is -2.02. The van der Waals surface area contributed by atoms with E-state index in [4.69, 9.17) is 21.8 Å². The number of furan rings is 1. The van der Waals surface area contributed by atoms with Gasteiger partial charge < -0.3 is 10.2 Å². The average molecular weight is 286 g/mol. The first-order chi connectivity index (χ1) is 9.70. The van der Waals surface area contributed by atoms with E-state index in [0.717, 1.165) is 24.1 Å². The second-order valence-electron chi connectivity index (χ2n) is 5.08. The number of halogens is 1. The average Bonchev–Trinajstić information content (AvgIpc) is 3.18. The zero-order valence-electron chi connectivity index (χ0n) is 10.6. The molecule has 0 amide bonds. The number of anilines is 1. The van der Waals surface area contributed by atoms with Crippen LogP contribution in [0.25, 0.3) is 22.4 Å². The zero-order valence-corrected chi connectivity index (χ0v) is 11.4. The third-order valence-corrected chi connectivity index (χ3v) is 3.75. The number of para-hydroxylation sites is 1. The van der Waals surface area contributed by atoms with Crippen molar-refractivity contribution in [2.75, 3.05) is 5.73 Å². The second kappa shape index (κ2) is 4.21. The van der Waals surface area contributed by atoms with Crippen molar-refractivity contribution < 1.29 is 4.42 Å². The Labute approximate surface area is 120 Å². The fourth-order valence-corrected chi connectivity index (χ4v) is 2.51. The Balaban J connectivity index is 1.87. The van der Waals surface area contributed by atoms with E-state index in [1.54, 1.807) is 12.1 Å². The van der Waals surface area contributed by atoms with Crippen molar-refractivity contribution in [3.63, 3.8) is 0 Å². The number of benzene rings is 1. The molecule has 1 aliphatic rings. The van der Waals surface area contributed by atoms with Crippen LogP contribution in [0.15, 0.2) is 34.7 Å². The van der Waals surface area contributed by atoms with E-state index in [2.05, 4.69) is 9.97 Å². The Morgan fingerprint density at radius 2 is 2.05 bits per heavy atom. The summed E-state index contributed by atoms with van der Waals surface area (Å²) in [7, 11) is 0. The number of aromatic nitrogens is 2. The lowest BCUT2D eigenvalue weighted by molar-refractivity contribution is 0.627. The first kappa shape index (κ1) is 11.7. The quantitative estimate of drug-likeness (QED) is 0.773. The van der Waals surface area contributed by atoms with Gasteiger partial charge in [-0.2, -0.15) is 0 Å². The molecule has 2 heterocycles. The summed E-state index contributed by atoms with van der Waals surface area (Å²) < 4.78 is 5.82. The normalized spacial score (nSPS) is 14.8. The Morgan fingerprint density at radius 3 is 2.80 bits per heavy atom. The first-order valence-electron chi connectivity index (χ1n) is 6.53. The van der Waals surface area contributed by atoms with Gasteiger partial charge in [-0.05, 0) is 25.0 Å². The zero-order chi connectivity index (χ0) is 13.7. The molecule has 5 heteroatoms. The van der Waals surface area contributed by atoms with Crippen molar-refractivity contribution in [3.05, 3.63) is 41.2 Å². The van der Waals surface area contributed by atoms with Crippen molar-refractivity contribution in [2.45, 2.75) is 18.8 Å². The summed E-state index contributed by atoms with van der Waals surface area (Å²) in [4.78, 5) is 8.85. The van der Waals surface area contributed by atoms with Crippen molar-refractivity contribution in [2.24, 2.45) is 0 Å². The SMILES string of the molecule is Nc1cc(-c2cc3cccc(Cl)c3o2)nc(C2CC2)n1. The molecule has 0 saturated heterocycles. The molecule has 100 valence electrons. The molecule has 1 aromatic carbocycles. The minimum Gasteiger partial charge on any atom is -0.453 e. The lowest BCUT2D eigenvalue weighted by atomic mass is 10.2. The number of hydrogen-bond acceptors (Lipinski definition) is 4. The molecule has 3 aromatic rings. The standard InChI is InChI=1S/C15H12ClN3O/c16-10-3-1-2-9-6-12(20-14(9)10)11-7-13(17)19-15(18-11)8-4-5-8/h1-3,6-8H,4-5H2,(H2,17,18,19). The van der Waals surface area contributed by atoms with Crippen molar-refractivity contribution in [1.82, 2.24) is 9.97 Å². The van der Waals surface area contributed by atoms with Crippen LogP contribution in [0, 0.1) is 0 Å². The van der Waals surface area contributed by atoms with Gasteiger partial charge >= 0.3 is 0 Å². The van der Waals surface area contributed by atoms with Gasteiger partial charge in [0.15, 0.2) is 11.3 Å². The third-order valence-electron chi connectivity index (χ3n) is 3.45. The fourth-order valence-electron chi connectivity index (χ4n) is 2.29. The van der Waals surface area contributed by atoms with Crippen molar-refractivity contribution >= 4 is 28.4 Å². The monoisotopic (exact) mass is 285 g/mol. The molecule has 4 nitrogen and oxygen atoms in total. The third kappa shape index (κ3) is 1.93. The van der Waals surface area contributed by atoms with Gasteiger partial charge in [-0.1, -0.05) is 23.7 Å². The molecule has 0 radical (unpaired) electrons. The van der Waals surface area contributed by atoms with E-state index < -0.39 is 0 Å². The van der Waals surface area contributed by atoms with E-state index in [0.29, 0.717) is 33.8 Å². The molecule has 2 aromatic heterocycles. The Kier molecular flexibility index (Phi) is 2.47. The minimum atomic E-state index is 0.449. The van der Waals surface area contributed by atoms with E-state index in [-0.39, 0.29) is 0 Å². The number of hydrogen-bond donors (Lipinski definition) is 1. The summed E-state index contributed by atoms with van der Waals surface area (Å²) in [6.45, 7) is 0. The molecule has 1 fully saturated rings. The van der Waals surface area contributed by atoms with Gasteiger partial charge in [0.05, 0.1) is 5.02 Å². The summed E-state index contributed by atoms with van der Waals surface area (Å²) in [5.41, 5.74) is 7.26. The molecule has 4 rings (SSSR count). The summed E-state index contributed by atoms with van der Waals surface area (Å²) in [5.74, 6) is 2.41. The Morgan fingerprint density at radius 1 is 1.20 bits per heavy atom. The Hall–Kier alpha value is -2.07. The number of nitrogens with two attached hydrogens (primary N) is 1. The first-order valence-corrected chi connectivity index (χ1v) is 6.91. The Bertz CT molecular complexity index is 808. The predicted octanol–water partition coefficient (Wildman–Crippen LogP) is 4.00. The van der Waals surface area contributed by atoms with Gasteiger partial charge in [-0.25, -0.2) is 9.97 Å².